The summed E-state index contributed by atoms with van der Waals surface area (Å²) in [6.45, 7) is 0. The summed E-state index contributed by atoms with van der Waals surface area (Å²) in [5.41, 5.74) is 5.75. The quantitative estimate of drug-likeness (QED) is 0.267. The van der Waals surface area contributed by atoms with E-state index in [1.165, 1.54) is 0 Å². The monoisotopic (exact) mass is 117 g/mol. The molecule has 0 atom stereocenters. The van der Waals surface area contributed by atoms with Gasteiger partial charge in [-0.1, -0.05) is 0 Å². The Labute approximate surface area is 36.1 Å². The van der Waals surface area contributed by atoms with Crippen LogP contribution in [0.4, 0.5) is 17.3 Å². The topological polar surface area (TPSA) is 43.7 Å². The van der Waals surface area contributed by atoms with E-state index in [1.54, 1.807) is 0 Å². The van der Waals surface area contributed by atoms with Gasteiger partial charge in [0.05, 0.1) is 0 Å². The van der Waals surface area contributed by atoms with Gasteiger partial charge in [0.2, 0.25) is 0 Å². The molecule has 0 rings (SSSR count). The Morgan fingerprint density at radius 1 is 1.00 bits per heavy atom. The number of hydrogen-bond donors (Lipinski definition) is 0. The number of halogens is 4. The van der Waals surface area contributed by atoms with E-state index in [0.29, 0.717) is 0 Å². The van der Waals surface area contributed by atoms with Crippen LogP contribution in [-0.2, 0) is 4.77 Å². The summed E-state index contributed by atoms with van der Waals surface area (Å²) < 4.78 is 46.2. The molecule has 0 aromatic rings. The van der Waals surface area contributed by atoms with Crippen LogP contribution < -0.4 is 0 Å². The molecule has 0 bridgehead atoms. The fourth-order valence-electron chi connectivity index (χ4n) is 0. The molecule has 7 heteroatoms. The predicted molar refractivity (Wildman–Crippen MR) is 12.6 cm³/mol. The predicted octanol–water partition coefficient (Wildman–Crippen LogP) is 1.20. The van der Waals surface area contributed by atoms with Crippen LogP contribution in [0, 0.1) is 5.46 Å². The molecule has 0 aliphatic heterocycles. The van der Waals surface area contributed by atoms with E-state index in [4.69, 9.17) is 10.2 Å². The van der Waals surface area contributed by atoms with Gasteiger partial charge in [-0.05, 0) is 0 Å². The molecule has 42 valence electrons. The summed E-state index contributed by atoms with van der Waals surface area (Å²) in [7, 11) is -6.00. The van der Waals surface area contributed by atoms with Crippen LogP contribution in [-0.4, -0.2) is 7.25 Å². The molecule has 0 aliphatic carbocycles. The molecule has 0 spiro atoms. The first-order valence-corrected chi connectivity index (χ1v) is 1.06. The van der Waals surface area contributed by atoms with Crippen LogP contribution in [0.2, 0.25) is 0 Å². The van der Waals surface area contributed by atoms with Crippen molar-refractivity contribution in [2.24, 2.45) is 0 Å². The summed E-state index contributed by atoms with van der Waals surface area (Å²) >= 11 is 0. The molecule has 7 heavy (non-hydrogen) atoms. The molecule has 0 saturated heterocycles. The van der Waals surface area contributed by atoms with E-state index < -0.39 is 7.25 Å². The fourth-order valence-corrected chi connectivity index (χ4v) is 0. The van der Waals surface area contributed by atoms with Crippen molar-refractivity contribution in [1.82, 2.24) is 0 Å². The van der Waals surface area contributed by atoms with Crippen molar-refractivity contribution < 1.29 is 22.0 Å². The third-order valence-corrected chi connectivity index (χ3v) is 0. The number of rotatable bonds is 0. The Balaban J connectivity index is 0. The zero-order valence-electron chi connectivity index (χ0n) is 2.94. The van der Waals surface area contributed by atoms with Crippen LogP contribution in [0.15, 0.2) is 0 Å². The molecule has 2 nitrogen and oxygen atoms in total. The van der Waals surface area contributed by atoms with E-state index in [1.807, 2.05) is 0 Å². The summed E-state index contributed by atoms with van der Waals surface area (Å²) in [6.07, 6.45) is 0. The van der Waals surface area contributed by atoms with Crippen LogP contribution >= 0.6 is 0 Å². The molecule has 0 N–H and O–H groups in total. The first-order chi connectivity index (χ1) is 3.00. The van der Waals surface area contributed by atoms with Crippen molar-refractivity contribution in [1.29, 1.82) is 5.46 Å². The van der Waals surface area contributed by atoms with Gasteiger partial charge in [0.1, 0.15) is 0 Å². The van der Waals surface area contributed by atoms with Gasteiger partial charge in [0.25, 0.3) is 0 Å². The molecular weight excluding hydrogens is 117 g/mol. The summed E-state index contributed by atoms with van der Waals surface area (Å²) in [6, 6.07) is 0. The van der Waals surface area contributed by atoms with E-state index >= 15 is 0 Å². The fraction of sp³-hybridized carbons (Fsp3) is 0. The molecule has 0 aromatic heterocycles. The van der Waals surface area contributed by atoms with E-state index in [-0.39, 0.29) is 0 Å². The number of hydrogen-bond acceptors (Lipinski definition) is 1. The average Bonchev–Trinajstić information content (AvgIpc) is 1.36. The Morgan fingerprint density at radius 3 is 1.00 bits per heavy atom. The minimum atomic E-state index is -6.00. The third-order valence-electron chi connectivity index (χ3n) is 0. The van der Waals surface area contributed by atoms with Gasteiger partial charge in [-0.2, -0.15) is 0 Å². The molecule has 0 aromatic carbocycles. The third kappa shape index (κ3) is 219. The molecule has 0 unspecified atom stereocenters. The maximum absolute atomic E-state index is 9.75. The van der Waals surface area contributed by atoms with E-state index in [0.717, 1.165) is 0 Å². The van der Waals surface area contributed by atoms with Gasteiger partial charge in [-0.3, -0.25) is 0 Å². The first kappa shape index (κ1) is 9.68. The Morgan fingerprint density at radius 2 is 1.00 bits per heavy atom. The van der Waals surface area contributed by atoms with Gasteiger partial charge in [0, 0.05) is 0 Å². The summed E-state index contributed by atoms with van der Waals surface area (Å²) in [5, 5.41) is 0. The normalized spacial score (nSPS) is 8.86. The van der Waals surface area contributed by atoms with Gasteiger partial charge in [0.15, 0.2) is 0 Å². The molecule has 0 radical (unpaired) electrons. The Bertz CT molecular complexity index is 48.4. The van der Waals surface area contributed by atoms with Crippen LogP contribution in [0.3, 0.4) is 0 Å². The van der Waals surface area contributed by atoms with E-state index in [9.17, 15) is 17.3 Å². The van der Waals surface area contributed by atoms with Crippen LogP contribution in [0.5, 0.6) is 0 Å². The van der Waals surface area contributed by atoms with Gasteiger partial charge < -0.3 is 17.3 Å². The second kappa shape index (κ2) is 3.64. The van der Waals surface area contributed by atoms with Crippen molar-refractivity contribution in [2.45, 2.75) is 0 Å². The molecular formula is BF4NO. The average molecular weight is 117 g/mol. The van der Waals surface area contributed by atoms with Gasteiger partial charge in [-0.25, -0.2) is 0 Å². The zero-order chi connectivity index (χ0) is 6.50. The second-order valence-electron chi connectivity index (χ2n) is 0.495. The molecule has 0 heterocycles. The zero-order valence-corrected chi connectivity index (χ0v) is 2.94. The van der Waals surface area contributed by atoms with Gasteiger partial charge in [-0.15, -0.1) is 0 Å². The maximum atomic E-state index is 9.75. The number of nitrogens with zero attached hydrogens (tertiary/aromatic N) is 1. The SMILES string of the molecule is F[B-](F)(F)F.N#[O+]. The molecule has 0 amide bonds. The van der Waals surface area contributed by atoms with Crippen LogP contribution in [0.1, 0.15) is 0 Å². The molecule has 0 aliphatic rings. The Kier molecular flexibility index (Phi) is 5.03. The van der Waals surface area contributed by atoms with Gasteiger partial charge >= 0.3 is 17.5 Å². The van der Waals surface area contributed by atoms with Crippen molar-refractivity contribution in [3.05, 3.63) is 0 Å². The Hall–Kier alpha value is -0.545. The minimum absolute atomic E-state index is 5.75. The standard InChI is InChI=1S/BF4.NO/c2-1(3,4)5;1-2/q-1;+1. The second-order valence-corrected chi connectivity index (χ2v) is 0.495. The molecule has 0 fully saturated rings. The van der Waals surface area contributed by atoms with Crippen molar-refractivity contribution in [3.8, 4) is 0 Å². The van der Waals surface area contributed by atoms with Crippen LogP contribution in [0.25, 0.3) is 0 Å². The van der Waals surface area contributed by atoms with Crippen molar-refractivity contribution >= 4 is 7.25 Å². The first-order valence-electron chi connectivity index (χ1n) is 1.06. The van der Waals surface area contributed by atoms with E-state index in [2.05, 4.69) is 0 Å². The van der Waals surface area contributed by atoms with Crippen molar-refractivity contribution in [2.75, 3.05) is 0 Å². The molecule has 0 saturated carbocycles. The van der Waals surface area contributed by atoms with Crippen molar-refractivity contribution in [3.63, 3.8) is 0 Å². The summed E-state index contributed by atoms with van der Waals surface area (Å²) in [4.78, 5) is 0. The summed E-state index contributed by atoms with van der Waals surface area (Å²) in [5.74, 6) is 0.